The number of aryl methyl sites for hydroxylation is 2. The Balaban J connectivity index is 3.05. The lowest BCUT2D eigenvalue weighted by atomic mass is 10.1. The number of nitrogens with one attached hydrogen (secondary N) is 1. The molecule has 0 amide bonds. The van der Waals surface area contributed by atoms with Crippen molar-refractivity contribution in [1.29, 1.82) is 0 Å². The fraction of sp³-hybridized carbons (Fsp3) is 0.400. The summed E-state index contributed by atoms with van der Waals surface area (Å²) in [6.45, 7) is 4.07. The Labute approximate surface area is 84.7 Å². The van der Waals surface area contributed by atoms with Gasteiger partial charge in [0.15, 0.2) is 0 Å². The summed E-state index contributed by atoms with van der Waals surface area (Å²) in [7, 11) is 1.70. The molecular formula is C10H15NOS. The highest BCUT2D eigenvalue weighted by Gasteiger charge is 2.03. The Bertz CT molecular complexity index is 276. The van der Waals surface area contributed by atoms with Crippen LogP contribution < -0.4 is 10.1 Å². The molecule has 0 atom stereocenters. The number of rotatable bonds is 3. The molecule has 3 heteroatoms. The topological polar surface area (TPSA) is 21.3 Å². The first-order valence-corrected chi connectivity index (χ1v) is 4.82. The monoisotopic (exact) mass is 197 g/mol. The van der Waals surface area contributed by atoms with Gasteiger partial charge in [-0.25, -0.2) is 0 Å². The van der Waals surface area contributed by atoms with Gasteiger partial charge >= 0.3 is 0 Å². The molecule has 1 aromatic carbocycles. The normalized spacial score (nSPS) is 9.85. The maximum Gasteiger partial charge on any atom is 0.124 e. The summed E-state index contributed by atoms with van der Waals surface area (Å²) < 4.78 is 5.26. The Morgan fingerprint density at radius 2 is 1.85 bits per heavy atom. The van der Waals surface area contributed by atoms with Crippen molar-refractivity contribution in [3.05, 3.63) is 23.3 Å². The second-order valence-electron chi connectivity index (χ2n) is 2.98. The van der Waals surface area contributed by atoms with Crippen LogP contribution >= 0.6 is 12.6 Å². The minimum absolute atomic E-state index is 0.644. The average Bonchev–Trinajstić information content (AvgIpc) is 2.04. The number of ether oxygens (including phenoxy) is 1. The summed E-state index contributed by atoms with van der Waals surface area (Å²) in [6.07, 6.45) is 0. The molecule has 0 saturated carbocycles. The quantitative estimate of drug-likeness (QED) is 0.574. The molecule has 0 aliphatic heterocycles. The van der Waals surface area contributed by atoms with Gasteiger partial charge in [-0.3, -0.25) is 0 Å². The van der Waals surface area contributed by atoms with E-state index in [4.69, 9.17) is 4.74 Å². The Morgan fingerprint density at radius 3 is 2.23 bits per heavy atom. The van der Waals surface area contributed by atoms with Crippen LogP contribution in [-0.2, 0) is 0 Å². The van der Waals surface area contributed by atoms with E-state index in [1.54, 1.807) is 7.11 Å². The van der Waals surface area contributed by atoms with E-state index in [0.29, 0.717) is 5.88 Å². The zero-order valence-corrected chi connectivity index (χ0v) is 9.11. The average molecular weight is 197 g/mol. The number of methoxy groups -OCH3 is 1. The van der Waals surface area contributed by atoms with E-state index in [9.17, 15) is 0 Å². The lowest BCUT2D eigenvalue weighted by Gasteiger charge is -2.11. The molecule has 1 N–H and O–H groups in total. The Morgan fingerprint density at radius 1 is 1.31 bits per heavy atom. The van der Waals surface area contributed by atoms with Crippen molar-refractivity contribution in [1.82, 2.24) is 0 Å². The summed E-state index contributed by atoms with van der Waals surface area (Å²) in [5, 5.41) is 3.15. The maximum absolute atomic E-state index is 5.26. The second-order valence-corrected chi connectivity index (χ2v) is 3.29. The molecule has 0 aliphatic carbocycles. The first-order chi connectivity index (χ1) is 6.19. The molecule has 0 aromatic heterocycles. The molecule has 0 radical (unpaired) electrons. The summed E-state index contributed by atoms with van der Waals surface area (Å²) in [6, 6.07) is 4.12. The van der Waals surface area contributed by atoms with E-state index in [1.165, 1.54) is 0 Å². The smallest absolute Gasteiger partial charge is 0.124 e. The first kappa shape index (κ1) is 10.3. The minimum Gasteiger partial charge on any atom is -0.496 e. The number of benzene rings is 1. The van der Waals surface area contributed by atoms with Crippen LogP contribution in [0, 0.1) is 13.8 Å². The van der Waals surface area contributed by atoms with Gasteiger partial charge in [0.25, 0.3) is 0 Å². The molecule has 1 aromatic rings. The van der Waals surface area contributed by atoms with Gasteiger partial charge in [-0.1, -0.05) is 0 Å². The van der Waals surface area contributed by atoms with Gasteiger partial charge in [0.2, 0.25) is 0 Å². The molecule has 0 fully saturated rings. The molecule has 1 rings (SSSR count). The van der Waals surface area contributed by atoms with Crippen LogP contribution in [0.25, 0.3) is 0 Å². The highest BCUT2D eigenvalue weighted by atomic mass is 32.1. The second kappa shape index (κ2) is 4.42. The molecule has 0 heterocycles. The van der Waals surface area contributed by atoms with Crippen molar-refractivity contribution >= 4 is 18.3 Å². The molecular weight excluding hydrogens is 182 g/mol. The van der Waals surface area contributed by atoms with Gasteiger partial charge in [0.1, 0.15) is 5.75 Å². The lowest BCUT2D eigenvalue weighted by Crippen LogP contribution is -1.97. The summed E-state index contributed by atoms with van der Waals surface area (Å²) in [5.41, 5.74) is 3.38. The summed E-state index contributed by atoms with van der Waals surface area (Å²) in [5.74, 6) is 1.61. The maximum atomic E-state index is 5.26. The molecule has 13 heavy (non-hydrogen) atoms. The zero-order valence-electron chi connectivity index (χ0n) is 8.22. The first-order valence-electron chi connectivity index (χ1n) is 4.19. The van der Waals surface area contributed by atoms with Crippen LogP contribution in [0.5, 0.6) is 5.75 Å². The van der Waals surface area contributed by atoms with Crippen LogP contribution in [0.2, 0.25) is 0 Å². The van der Waals surface area contributed by atoms with Crippen molar-refractivity contribution in [2.45, 2.75) is 13.8 Å². The lowest BCUT2D eigenvalue weighted by molar-refractivity contribution is 0.408. The molecule has 0 saturated heterocycles. The highest BCUT2D eigenvalue weighted by molar-refractivity contribution is 7.80. The standard InChI is InChI=1S/C10H15NOS/c1-7-4-9(11-6-13)5-8(2)10(7)12-3/h4-5,11,13H,6H2,1-3H3. The van der Waals surface area contributed by atoms with E-state index >= 15 is 0 Å². The molecule has 2 nitrogen and oxygen atoms in total. The Kier molecular flexibility index (Phi) is 3.48. The predicted molar refractivity (Wildman–Crippen MR) is 59.9 cm³/mol. The van der Waals surface area contributed by atoms with Crippen LogP contribution in [0.15, 0.2) is 12.1 Å². The van der Waals surface area contributed by atoms with E-state index in [2.05, 4.69) is 30.1 Å². The third kappa shape index (κ3) is 2.31. The fourth-order valence-corrected chi connectivity index (χ4v) is 1.65. The van der Waals surface area contributed by atoms with Crippen molar-refractivity contribution in [2.24, 2.45) is 0 Å². The summed E-state index contributed by atoms with van der Waals surface area (Å²) >= 11 is 4.11. The summed E-state index contributed by atoms with van der Waals surface area (Å²) in [4.78, 5) is 0. The van der Waals surface area contributed by atoms with Gasteiger partial charge in [0, 0.05) is 5.69 Å². The molecule has 0 spiro atoms. The van der Waals surface area contributed by atoms with Gasteiger partial charge in [-0.05, 0) is 37.1 Å². The molecule has 0 bridgehead atoms. The number of hydrogen-bond acceptors (Lipinski definition) is 3. The van der Waals surface area contributed by atoms with E-state index < -0.39 is 0 Å². The van der Waals surface area contributed by atoms with Crippen LogP contribution in [0.4, 0.5) is 5.69 Å². The van der Waals surface area contributed by atoms with E-state index in [1.807, 2.05) is 13.8 Å². The fourth-order valence-electron chi connectivity index (χ4n) is 1.47. The molecule has 0 unspecified atom stereocenters. The van der Waals surface area contributed by atoms with E-state index in [0.717, 1.165) is 22.6 Å². The van der Waals surface area contributed by atoms with Crippen molar-refractivity contribution in [2.75, 3.05) is 18.3 Å². The van der Waals surface area contributed by atoms with Crippen LogP contribution in [-0.4, -0.2) is 13.0 Å². The minimum atomic E-state index is 0.644. The van der Waals surface area contributed by atoms with Gasteiger partial charge < -0.3 is 10.1 Å². The Hall–Kier alpha value is -0.830. The largest absolute Gasteiger partial charge is 0.496 e. The van der Waals surface area contributed by atoms with Gasteiger partial charge in [0.05, 0.1) is 13.0 Å². The van der Waals surface area contributed by atoms with Gasteiger partial charge in [-0.15, -0.1) is 0 Å². The predicted octanol–water partition coefficient (Wildman–Crippen LogP) is 2.61. The number of anilines is 1. The highest BCUT2D eigenvalue weighted by Crippen LogP contribution is 2.26. The third-order valence-electron chi connectivity index (χ3n) is 1.95. The van der Waals surface area contributed by atoms with Crippen molar-refractivity contribution < 1.29 is 4.74 Å². The van der Waals surface area contributed by atoms with Crippen molar-refractivity contribution in [3.8, 4) is 5.75 Å². The number of hydrogen-bond donors (Lipinski definition) is 2. The number of thiol groups is 1. The van der Waals surface area contributed by atoms with Crippen LogP contribution in [0.1, 0.15) is 11.1 Å². The molecule has 0 aliphatic rings. The zero-order chi connectivity index (χ0) is 9.84. The van der Waals surface area contributed by atoms with Crippen LogP contribution in [0.3, 0.4) is 0 Å². The third-order valence-corrected chi connectivity index (χ3v) is 2.11. The SMILES string of the molecule is COc1c(C)cc(NCS)cc1C. The van der Waals surface area contributed by atoms with Crippen molar-refractivity contribution in [3.63, 3.8) is 0 Å². The molecule has 72 valence electrons. The van der Waals surface area contributed by atoms with E-state index in [-0.39, 0.29) is 0 Å². The van der Waals surface area contributed by atoms with Gasteiger partial charge in [-0.2, -0.15) is 12.6 Å².